The molecule has 0 aromatic rings. The van der Waals surface area contributed by atoms with Gasteiger partial charge in [-0.25, -0.2) is 0 Å². The third-order valence-electron chi connectivity index (χ3n) is 3.27. The summed E-state index contributed by atoms with van der Waals surface area (Å²) in [5.41, 5.74) is 0. The van der Waals surface area contributed by atoms with E-state index in [2.05, 4.69) is 11.9 Å². The van der Waals surface area contributed by atoms with Crippen LogP contribution < -0.4 is 0 Å². The van der Waals surface area contributed by atoms with Gasteiger partial charge in [0.2, 0.25) is 5.91 Å². The number of carbonyl (C=O) groups excluding carboxylic acids is 1. The molecule has 1 amide bonds. The largest absolute Gasteiger partial charge is 0.341 e. The quantitative estimate of drug-likeness (QED) is 0.627. The van der Waals surface area contributed by atoms with Crippen LogP contribution in [0.2, 0.25) is 0 Å². The summed E-state index contributed by atoms with van der Waals surface area (Å²) in [7, 11) is 2.16. The minimum Gasteiger partial charge on any atom is -0.341 e. The summed E-state index contributed by atoms with van der Waals surface area (Å²) in [6.45, 7) is 3.16. The second kappa shape index (κ2) is 3.66. The maximum atomic E-state index is 11.4. The Morgan fingerprint density at radius 3 is 2.77 bits per heavy atom. The second-order valence-electron chi connectivity index (χ2n) is 4.22. The maximum Gasteiger partial charge on any atom is 0.222 e. The van der Waals surface area contributed by atoms with Crippen LogP contribution >= 0.6 is 0 Å². The lowest BCUT2D eigenvalue weighted by molar-refractivity contribution is -0.128. The molecule has 0 aromatic carbocycles. The first kappa shape index (κ1) is 9.00. The Hall–Kier alpha value is -0.570. The molecule has 0 N–H and O–H groups in total. The molecule has 13 heavy (non-hydrogen) atoms. The fraction of sp³-hybridized carbons (Fsp3) is 0.900. The van der Waals surface area contributed by atoms with Crippen molar-refractivity contribution >= 4 is 5.91 Å². The smallest absolute Gasteiger partial charge is 0.222 e. The summed E-state index contributed by atoms with van der Waals surface area (Å²) in [6, 6.07) is 0.627. The lowest BCUT2D eigenvalue weighted by atomic mass is 10.2. The Labute approximate surface area is 79.7 Å². The Morgan fingerprint density at radius 1 is 1.38 bits per heavy atom. The number of likely N-dealkylation sites (N-methyl/N-ethyl adjacent to an activating group) is 1. The standard InChI is InChI=1S/C10H18N2O/c1-11-6-2-4-9(11)8-12-7-3-5-10(12)13/h9H,2-8H2,1H3/t9-/m0/s1. The van der Waals surface area contributed by atoms with E-state index in [1.807, 2.05) is 4.90 Å². The third kappa shape index (κ3) is 1.85. The van der Waals surface area contributed by atoms with Crippen LogP contribution in [0.4, 0.5) is 0 Å². The first-order valence-corrected chi connectivity index (χ1v) is 5.25. The molecular weight excluding hydrogens is 164 g/mol. The van der Waals surface area contributed by atoms with Crippen molar-refractivity contribution in [1.29, 1.82) is 0 Å². The molecule has 1 atom stereocenters. The van der Waals surface area contributed by atoms with Gasteiger partial charge in [0, 0.05) is 25.6 Å². The van der Waals surface area contributed by atoms with Gasteiger partial charge in [-0.05, 0) is 32.9 Å². The zero-order valence-electron chi connectivity index (χ0n) is 8.33. The summed E-state index contributed by atoms with van der Waals surface area (Å²) in [5.74, 6) is 0.361. The minimum atomic E-state index is 0.361. The lowest BCUT2D eigenvalue weighted by Gasteiger charge is -2.25. The highest BCUT2D eigenvalue weighted by atomic mass is 16.2. The topological polar surface area (TPSA) is 23.6 Å². The van der Waals surface area contributed by atoms with E-state index < -0.39 is 0 Å². The average molecular weight is 182 g/mol. The predicted octanol–water partition coefficient (Wildman–Crippen LogP) is 0.703. The fourth-order valence-electron chi connectivity index (χ4n) is 2.36. The van der Waals surface area contributed by atoms with Gasteiger partial charge in [-0.15, -0.1) is 0 Å². The molecule has 3 nitrogen and oxygen atoms in total. The number of carbonyl (C=O) groups is 1. The van der Waals surface area contributed by atoms with Gasteiger partial charge < -0.3 is 9.80 Å². The lowest BCUT2D eigenvalue weighted by Crippen LogP contribution is -2.39. The molecule has 2 heterocycles. The van der Waals surface area contributed by atoms with Gasteiger partial charge in [0.1, 0.15) is 0 Å². The van der Waals surface area contributed by atoms with E-state index in [9.17, 15) is 4.79 Å². The van der Waals surface area contributed by atoms with Crippen LogP contribution in [0.1, 0.15) is 25.7 Å². The van der Waals surface area contributed by atoms with Crippen molar-refractivity contribution in [2.24, 2.45) is 0 Å². The van der Waals surface area contributed by atoms with Crippen LogP contribution in [0.3, 0.4) is 0 Å². The molecule has 0 aliphatic carbocycles. The van der Waals surface area contributed by atoms with Crippen molar-refractivity contribution in [3.63, 3.8) is 0 Å². The van der Waals surface area contributed by atoms with E-state index in [1.165, 1.54) is 19.4 Å². The SMILES string of the molecule is CN1CCC[C@H]1CN1CCCC1=O. The Balaban J connectivity index is 1.86. The molecule has 0 unspecified atom stereocenters. The number of amides is 1. The first-order chi connectivity index (χ1) is 6.27. The molecule has 0 radical (unpaired) electrons. The van der Waals surface area contributed by atoms with Crippen LogP contribution in [0.5, 0.6) is 0 Å². The van der Waals surface area contributed by atoms with Crippen molar-refractivity contribution in [2.45, 2.75) is 31.7 Å². The summed E-state index contributed by atoms with van der Waals surface area (Å²) >= 11 is 0. The molecule has 0 saturated carbocycles. The van der Waals surface area contributed by atoms with Gasteiger partial charge in [0.05, 0.1) is 0 Å². The monoisotopic (exact) mass is 182 g/mol. The fourth-order valence-corrected chi connectivity index (χ4v) is 2.36. The molecule has 3 heteroatoms. The highest BCUT2D eigenvalue weighted by molar-refractivity contribution is 5.78. The van der Waals surface area contributed by atoms with Crippen molar-refractivity contribution < 1.29 is 4.79 Å². The number of likely N-dealkylation sites (tertiary alicyclic amines) is 2. The van der Waals surface area contributed by atoms with Gasteiger partial charge in [-0.3, -0.25) is 4.79 Å². The summed E-state index contributed by atoms with van der Waals surface area (Å²) in [5, 5.41) is 0. The van der Waals surface area contributed by atoms with Crippen molar-refractivity contribution in [1.82, 2.24) is 9.80 Å². The highest BCUT2D eigenvalue weighted by Crippen LogP contribution is 2.18. The molecule has 0 spiro atoms. The van der Waals surface area contributed by atoms with Crippen molar-refractivity contribution in [3.8, 4) is 0 Å². The van der Waals surface area contributed by atoms with Gasteiger partial charge in [0.25, 0.3) is 0 Å². The zero-order valence-corrected chi connectivity index (χ0v) is 8.33. The molecule has 0 aromatic heterocycles. The molecule has 2 saturated heterocycles. The Kier molecular flexibility index (Phi) is 2.54. The van der Waals surface area contributed by atoms with Gasteiger partial charge in [-0.1, -0.05) is 0 Å². The molecule has 2 aliphatic rings. The third-order valence-corrected chi connectivity index (χ3v) is 3.27. The van der Waals surface area contributed by atoms with E-state index in [0.29, 0.717) is 11.9 Å². The summed E-state index contributed by atoms with van der Waals surface area (Å²) in [4.78, 5) is 15.8. The molecule has 2 fully saturated rings. The first-order valence-electron chi connectivity index (χ1n) is 5.25. The van der Waals surface area contributed by atoms with Gasteiger partial charge in [-0.2, -0.15) is 0 Å². The molecule has 74 valence electrons. The van der Waals surface area contributed by atoms with Crippen LogP contribution in [-0.4, -0.2) is 48.4 Å². The van der Waals surface area contributed by atoms with E-state index >= 15 is 0 Å². The molecular formula is C10H18N2O. The van der Waals surface area contributed by atoms with Gasteiger partial charge >= 0.3 is 0 Å². The molecule has 2 aliphatic heterocycles. The Morgan fingerprint density at radius 2 is 2.23 bits per heavy atom. The van der Waals surface area contributed by atoms with E-state index in [-0.39, 0.29) is 0 Å². The number of hydrogen-bond donors (Lipinski definition) is 0. The summed E-state index contributed by atoms with van der Waals surface area (Å²) in [6.07, 6.45) is 4.40. The number of nitrogens with zero attached hydrogens (tertiary/aromatic N) is 2. The highest BCUT2D eigenvalue weighted by Gasteiger charge is 2.27. The molecule has 0 bridgehead atoms. The van der Waals surface area contributed by atoms with Crippen LogP contribution in [-0.2, 0) is 4.79 Å². The van der Waals surface area contributed by atoms with E-state index in [1.54, 1.807) is 0 Å². The van der Waals surface area contributed by atoms with Crippen LogP contribution in [0.25, 0.3) is 0 Å². The van der Waals surface area contributed by atoms with E-state index in [4.69, 9.17) is 0 Å². The van der Waals surface area contributed by atoms with Crippen molar-refractivity contribution in [3.05, 3.63) is 0 Å². The van der Waals surface area contributed by atoms with E-state index in [0.717, 1.165) is 25.9 Å². The summed E-state index contributed by atoms with van der Waals surface area (Å²) < 4.78 is 0. The average Bonchev–Trinajstić information content (AvgIpc) is 2.65. The Bertz CT molecular complexity index is 205. The number of rotatable bonds is 2. The minimum absolute atomic E-state index is 0.361. The van der Waals surface area contributed by atoms with Crippen molar-refractivity contribution in [2.75, 3.05) is 26.7 Å². The predicted molar refractivity (Wildman–Crippen MR) is 51.5 cm³/mol. The number of hydrogen-bond acceptors (Lipinski definition) is 2. The molecule has 2 rings (SSSR count). The zero-order chi connectivity index (χ0) is 9.26. The van der Waals surface area contributed by atoms with Crippen LogP contribution in [0, 0.1) is 0 Å². The normalized spacial score (nSPS) is 30.4. The maximum absolute atomic E-state index is 11.4. The van der Waals surface area contributed by atoms with Crippen LogP contribution in [0.15, 0.2) is 0 Å². The second-order valence-corrected chi connectivity index (χ2v) is 4.22. The van der Waals surface area contributed by atoms with Gasteiger partial charge in [0.15, 0.2) is 0 Å².